The van der Waals surface area contributed by atoms with Gasteiger partial charge in [0.2, 0.25) is 5.88 Å². The number of aromatic nitrogens is 1. The van der Waals surface area contributed by atoms with Gasteiger partial charge in [-0.25, -0.2) is 9.78 Å². The van der Waals surface area contributed by atoms with E-state index in [-0.39, 0.29) is 5.88 Å². The second-order valence-electron chi connectivity index (χ2n) is 7.84. The predicted octanol–water partition coefficient (Wildman–Crippen LogP) is 4.96. The van der Waals surface area contributed by atoms with E-state index in [1.54, 1.807) is 35.4 Å². The quantitative estimate of drug-likeness (QED) is 0.631. The average Bonchev–Trinajstić information content (AvgIpc) is 2.81. The smallest absolute Gasteiger partial charge is 0.417 e. The largest absolute Gasteiger partial charge is 0.439 e. The number of halogens is 3. The van der Waals surface area contributed by atoms with Crippen molar-refractivity contribution in [3.8, 4) is 17.4 Å². The number of benzene rings is 1. The van der Waals surface area contributed by atoms with E-state index in [4.69, 9.17) is 9.47 Å². The molecular weight excluding hydrogens is 437 g/mol. The maximum Gasteiger partial charge on any atom is 0.417 e. The molecule has 2 aliphatic heterocycles. The second kappa shape index (κ2) is 9.93. The highest BCUT2D eigenvalue weighted by molar-refractivity contribution is 5.71. The Bertz CT molecular complexity index is 999. The van der Waals surface area contributed by atoms with Gasteiger partial charge in [-0.1, -0.05) is 0 Å². The van der Waals surface area contributed by atoms with E-state index >= 15 is 0 Å². The monoisotopic (exact) mass is 460 g/mol. The van der Waals surface area contributed by atoms with Gasteiger partial charge in [0.25, 0.3) is 0 Å². The van der Waals surface area contributed by atoms with Crippen LogP contribution in [0, 0.1) is 5.92 Å². The highest BCUT2D eigenvalue weighted by Gasteiger charge is 2.30. The number of pyridine rings is 1. The van der Waals surface area contributed by atoms with Crippen LogP contribution in [0.3, 0.4) is 0 Å². The molecule has 0 saturated carbocycles. The summed E-state index contributed by atoms with van der Waals surface area (Å²) in [6.45, 7) is 2.86. The third-order valence-electron chi connectivity index (χ3n) is 5.43. The number of carbonyl (C=O) groups is 1. The van der Waals surface area contributed by atoms with Crippen molar-refractivity contribution in [2.75, 3.05) is 26.3 Å². The van der Waals surface area contributed by atoms with Crippen LogP contribution in [-0.4, -0.2) is 53.4 Å². The van der Waals surface area contributed by atoms with Crippen LogP contribution in [0.4, 0.5) is 18.0 Å². The number of rotatable bonds is 5. The van der Waals surface area contributed by atoms with E-state index in [0.717, 1.165) is 31.5 Å². The van der Waals surface area contributed by atoms with Crippen LogP contribution in [0.2, 0.25) is 0 Å². The Hall–Kier alpha value is -3.56. The number of amides is 1. The van der Waals surface area contributed by atoms with Crippen LogP contribution >= 0.6 is 0 Å². The standard InChI is InChI=1S/C23H23F3N4O3/c24-23(25,26)18-2-7-21(28-14-18)32-19-3-5-20(6-4-19)33-22(31)30-12-8-17(9-13-30)15-29-11-1-10-27-16-29/h1-7,10-11,14,17H,8-9,12-13,15-16H2. The number of carbonyl (C=O) groups excluding carboxylic acids is 1. The fourth-order valence-electron chi connectivity index (χ4n) is 3.64. The van der Waals surface area contributed by atoms with Crippen LogP contribution in [0.1, 0.15) is 18.4 Å². The summed E-state index contributed by atoms with van der Waals surface area (Å²) in [5.74, 6) is 1.25. The molecule has 4 rings (SSSR count). The summed E-state index contributed by atoms with van der Waals surface area (Å²) in [4.78, 5) is 24.2. The molecule has 0 N–H and O–H groups in total. The molecule has 1 aromatic carbocycles. The van der Waals surface area contributed by atoms with Gasteiger partial charge in [0.15, 0.2) is 0 Å². The lowest BCUT2D eigenvalue weighted by molar-refractivity contribution is -0.137. The first kappa shape index (κ1) is 22.6. The number of likely N-dealkylation sites (tertiary alicyclic amines) is 1. The van der Waals surface area contributed by atoms with E-state index in [1.165, 1.54) is 0 Å². The summed E-state index contributed by atoms with van der Waals surface area (Å²) in [7, 11) is 0. The minimum absolute atomic E-state index is 0.0301. The molecule has 0 radical (unpaired) electrons. The Balaban J connectivity index is 1.24. The number of nitrogens with zero attached hydrogens (tertiary/aromatic N) is 4. The van der Waals surface area contributed by atoms with Crippen molar-refractivity contribution in [1.29, 1.82) is 0 Å². The van der Waals surface area contributed by atoms with Gasteiger partial charge < -0.3 is 19.3 Å². The van der Waals surface area contributed by atoms with Gasteiger partial charge in [-0.05, 0) is 55.2 Å². The van der Waals surface area contributed by atoms with Gasteiger partial charge in [0.1, 0.15) is 18.2 Å². The molecule has 1 amide bonds. The van der Waals surface area contributed by atoms with E-state index in [1.807, 2.05) is 12.3 Å². The average molecular weight is 460 g/mol. The van der Waals surface area contributed by atoms with Crippen molar-refractivity contribution in [1.82, 2.24) is 14.8 Å². The van der Waals surface area contributed by atoms with Crippen LogP contribution in [0.25, 0.3) is 0 Å². The summed E-state index contributed by atoms with van der Waals surface area (Å²) in [5.41, 5.74) is -0.848. The lowest BCUT2D eigenvalue weighted by atomic mass is 9.96. The lowest BCUT2D eigenvalue weighted by Gasteiger charge is -2.33. The fourth-order valence-corrected chi connectivity index (χ4v) is 3.64. The zero-order valence-electron chi connectivity index (χ0n) is 17.7. The van der Waals surface area contributed by atoms with E-state index < -0.39 is 17.8 Å². The Morgan fingerprint density at radius 3 is 2.39 bits per heavy atom. The van der Waals surface area contributed by atoms with Gasteiger partial charge in [-0.2, -0.15) is 13.2 Å². The van der Waals surface area contributed by atoms with Gasteiger partial charge >= 0.3 is 12.3 Å². The third-order valence-corrected chi connectivity index (χ3v) is 5.43. The molecule has 1 aromatic heterocycles. The maximum absolute atomic E-state index is 12.6. The maximum atomic E-state index is 12.6. The molecule has 0 atom stereocenters. The minimum atomic E-state index is -4.45. The lowest BCUT2D eigenvalue weighted by Crippen LogP contribution is -2.42. The van der Waals surface area contributed by atoms with Crippen molar-refractivity contribution in [2.24, 2.45) is 10.9 Å². The molecule has 2 aromatic rings. The number of alkyl halides is 3. The molecule has 1 saturated heterocycles. The molecule has 0 aliphatic carbocycles. The molecule has 1 fully saturated rings. The van der Waals surface area contributed by atoms with Gasteiger partial charge in [0.05, 0.1) is 5.56 Å². The first-order valence-corrected chi connectivity index (χ1v) is 10.6. The fraction of sp³-hybridized carbons (Fsp3) is 0.348. The first-order valence-electron chi connectivity index (χ1n) is 10.6. The molecule has 0 bridgehead atoms. The third kappa shape index (κ3) is 6.24. The first-order chi connectivity index (χ1) is 15.9. The molecule has 0 spiro atoms. The summed E-state index contributed by atoms with van der Waals surface area (Å²) in [6.07, 6.45) is 3.40. The normalized spacial score (nSPS) is 16.7. The Morgan fingerprint density at radius 1 is 1.06 bits per heavy atom. The highest BCUT2D eigenvalue weighted by atomic mass is 19.4. The number of aliphatic imine (C=N–C) groups is 1. The summed E-state index contributed by atoms with van der Waals surface area (Å²) in [6, 6.07) is 8.29. The number of hydrogen-bond acceptors (Lipinski definition) is 6. The topological polar surface area (TPSA) is 67.3 Å². The van der Waals surface area contributed by atoms with Crippen LogP contribution in [0.5, 0.6) is 17.4 Å². The van der Waals surface area contributed by atoms with Crippen LogP contribution in [-0.2, 0) is 6.18 Å². The van der Waals surface area contributed by atoms with Crippen molar-refractivity contribution < 1.29 is 27.4 Å². The Morgan fingerprint density at radius 2 is 1.79 bits per heavy atom. The van der Waals surface area contributed by atoms with Crippen LogP contribution in [0.15, 0.2) is 59.9 Å². The molecular formula is C23H23F3N4O3. The van der Waals surface area contributed by atoms with E-state index in [2.05, 4.69) is 14.9 Å². The molecule has 174 valence electrons. The number of ether oxygens (including phenoxy) is 2. The summed E-state index contributed by atoms with van der Waals surface area (Å²) < 4.78 is 48.7. The zero-order valence-corrected chi connectivity index (χ0v) is 17.7. The molecule has 0 unspecified atom stereocenters. The number of piperidine rings is 1. The Labute approximate surface area is 189 Å². The van der Waals surface area contributed by atoms with E-state index in [9.17, 15) is 18.0 Å². The van der Waals surface area contributed by atoms with Gasteiger partial charge in [-0.3, -0.25) is 4.99 Å². The molecule has 7 nitrogen and oxygen atoms in total. The van der Waals surface area contributed by atoms with Gasteiger partial charge in [0, 0.05) is 44.3 Å². The summed E-state index contributed by atoms with van der Waals surface area (Å²) in [5, 5.41) is 0. The molecule has 10 heteroatoms. The van der Waals surface area contributed by atoms with Crippen molar-refractivity contribution in [3.05, 3.63) is 60.4 Å². The zero-order chi connectivity index (χ0) is 23.3. The van der Waals surface area contributed by atoms with Crippen LogP contribution < -0.4 is 9.47 Å². The Kier molecular flexibility index (Phi) is 6.81. The second-order valence-corrected chi connectivity index (χ2v) is 7.84. The molecule has 3 heterocycles. The number of allylic oxidation sites excluding steroid dienone is 1. The molecule has 33 heavy (non-hydrogen) atoms. The van der Waals surface area contributed by atoms with Gasteiger partial charge in [-0.15, -0.1) is 0 Å². The highest BCUT2D eigenvalue weighted by Crippen LogP contribution is 2.30. The van der Waals surface area contributed by atoms with Crippen molar-refractivity contribution in [2.45, 2.75) is 19.0 Å². The van der Waals surface area contributed by atoms with Crippen molar-refractivity contribution >= 4 is 12.3 Å². The minimum Gasteiger partial charge on any atom is -0.439 e. The summed E-state index contributed by atoms with van der Waals surface area (Å²) >= 11 is 0. The molecule has 2 aliphatic rings. The van der Waals surface area contributed by atoms with E-state index in [0.29, 0.717) is 43.4 Å². The van der Waals surface area contributed by atoms with Crippen molar-refractivity contribution in [3.63, 3.8) is 0 Å². The number of hydrogen-bond donors (Lipinski definition) is 0. The SMILES string of the molecule is O=C(Oc1ccc(Oc2ccc(C(F)(F)F)cn2)cc1)N1CCC(CN2C=CC=NC2)CC1. The predicted molar refractivity (Wildman–Crippen MR) is 115 cm³/mol.